The highest BCUT2D eigenvalue weighted by Crippen LogP contribution is 2.21. The van der Waals surface area contributed by atoms with Crippen molar-refractivity contribution < 1.29 is 13.9 Å². The Morgan fingerprint density at radius 3 is 3.08 bits per heavy atom. The van der Waals surface area contributed by atoms with E-state index in [2.05, 4.69) is 20.1 Å². The lowest BCUT2D eigenvalue weighted by Gasteiger charge is -2.36. The summed E-state index contributed by atoms with van der Waals surface area (Å²) in [4.78, 5) is 20.8. The third-order valence-corrected chi connectivity index (χ3v) is 4.25. The van der Waals surface area contributed by atoms with Crippen molar-refractivity contribution in [2.45, 2.75) is 32.5 Å². The molecule has 2 atom stereocenters. The van der Waals surface area contributed by atoms with E-state index in [0.717, 1.165) is 11.6 Å². The summed E-state index contributed by atoms with van der Waals surface area (Å²) in [5.74, 6) is 2.22. The van der Waals surface area contributed by atoms with Crippen molar-refractivity contribution in [3.8, 4) is 0 Å². The number of carbonyl (C=O) groups excluding carboxylic acids is 1. The van der Waals surface area contributed by atoms with Crippen LogP contribution in [-0.4, -0.2) is 63.7 Å². The smallest absolute Gasteiger partial charge is 0.239 e. The lowest BCUT2D eigenvalue weighted by molar-refractivity contribution is -0.139. The first-order valence-electron chi connectivity index (χ1n) is 8.06. The van der Waals surface area contributed by atoms with E-state index < -0.39 is 0 Å². The monoisotopic (exact) mass is 333 g/mol. The van der Waals surface area contributed by atoms with Crippen molar-refractivity contribution >= 4 is 5.91 Å². The third kappa shape index (κ3) is 3.65. The molecule has 2 aromatic heterocycles. The maximum atomic E-state index is 12.7. The molecule has 1 aliphatic rings. The number of amides is 1. The molecule has 8 heteroatoms. The Kier molecular flexibility index (Phi) is 4.96. The van der Waals surface area contributed by atoms with Gasteiger partial charge < -0.3 is 14.1 Å². The molecular formula is C16H23N5O3. The average Bonchev–Trinajstić information content (AvgIpc) is 3.25. The van der Waals surface area contributed by atoms with Crippen LogP contribution in [0, 0.1) is 6.92 Å². The van der Waals surface area contributed by atoms with E-state index in [4.69, 9.17) is 9.15 Å². The van der Waals surface area contributed by atoms with Gasteiger partial charge in [-0.1, -0.05) is 0 Å². The maximum Gasteiger partial charge on any atom is 0.239 e. The molecule has 0 unspecified atom stereocenters. The molecule has 0 aromatic carbocycles. The average molecular weight is 333 g/mol. The van der Waals surface area contributed by atoms with Crippen LogP contribution < -0.4 is 0 Å². The number of rotatable bonds is 5. The second-order valence-electron chi connectivity index (χ2n) is 6.08. The van der Waals surface area contributed by atoms with E-state index in [1.54, 1.807) is 18.2 Å². The molecule has 1 saturated heterocycles. The maximum absolute atomic E-state index is 12.7. The molecule has 1 fully saturated rings. The minimum absolute atomic E-state index is 0.0539. The van der Waals surface area contributed by atoms with Gasteiger partial charge in [0.05, 0.1) is 25.5 Å². The first-order valence-corrected chi connectivity index (χ1v) is 8.06. The Morgan fingerprint density at radius 2 is 2.42 bits per heavy atom. The fraction of sp³-hybridized carbons (Fsp3) is 0.562. The number of carbonyl (C=O) groups is 1. The number of aryl methyl sites for hydroxylation is 1. The van der Waals surface area contributed by atoms with Crippen LogP contribution in [0.25, 0.3) is 0 Å². The van der Waals surface area contributed by atoms with Gasteiger partial charge in [-0.3, -0.25) is 14.8 Å². The Balaban J connectivity index is 1.61. The summed E-state index contributed by atoms with van der Waals surface area (Å²) in [6.07, 6.45) is 1.40. The number of H-pyrrole nitrogens is 1. The van der Waals surface area contributed by atoms with E-state index in [1.165, 1.54) is 0 Å². The number of hydrogen-bond donors (Lipinski definition) is 1. The van der Waals surface area contributed by atoms with Gasteiger partial charge in [-0.2, -0.15) is 5.10 Å². The molecule has 1 amide bonds. The first kappa shape index (κ1) is 16.7. The zero-order valence-corrected chi connectivity index (χ0v) is 14.2. The molecule has 8 nitrogen and oxygen atoms in total. The Hall–Kier alpha value is -2.19. The van der Waals surface area contributed by atoms with E-state index in [9.17, 15) is 4.79 Å². The van der Waals surface area contributed by atoms with Gasteiger partial charge in [0.1, 0.15) is 17.7 Å². The molecule has 1 aliphatic heterocycles. The largest absolute Gasteiger partial charge is 0.467 e. The van der Waals surface area contributed by atoms with E-state index >= 15 is 0 Å². The molecule has 130 valence electrons. The SMILES string of the molecule is Cc1nc([C@H]2CN([C@@H](C)C(=O)N(C)Cc3ccco3)CCO2)n[nH]1. The Morgan fingerprint density at radius 1 is 1.58 bits per heavy atom. The van der Waals surface area contributed by atoms with Gasteiger partial charge in [0, 0.05) is 20.1 Å². The zero-order chi connectivity index (χ0) is 17.1. The second-order valence-corrected chi connectivity index (χ2v) is 6.08. The van der Waals surface area contributed by atoms with Crippen LogP contribution in [0.15, 0.2) is 22.8 Å². The molecule has 0 spiro atoms. The lowest BCUT2D eigenvalue weighted by atomic mass is 10.2. The van der Waals surface area contributed by atoms with Crippen LogP contribution >= 0.6 is 0 Å². The molecule has 0 saturated carbocycles. The summed E-state index contributed by atoms with van der Waals surface area (Å²) in [6.45, 7) is 6.10. The number of hydrogen-bond acceptors (Lipinski definition) is 6. The van der Waals surface area contributed by atoms with Gasteiger partial charge in [0.15, 0.2) is 5.82 Å². The van der Waals surface area contributed by atoms with Crippen molar-refractivity contribution in [1.82, 2.24) is 25.0 Å². The zero-order valence-electron chi connectivity index (χ0n) is 14.2. The quantitative estimate of drug-likeness (QED) is 0.882. The van der Waals surface area contributed by atoms with Gasteiger partial charge in [-0.25, -0.2) is 4.98 Å². The number of aromatic nitrogens is 3. The van der Waals surface area contributed by atoms with Gasteiger partial charge in [0.2, 0.25) is 5.91 Å². The van der Waals surface area contributed by atoms with Crippen LogP contribution in [0.5, 0.6) is 0 Å². The fourth-order valence-corrected chi connectivity index (χ4v) is 2.87. The number of likely N-dealkylation sites (N-methyl/N-ethyl adjacent to an activating group) is 1. The third-order valence-electron chi connectivity index (χ3n) is 4.25. The highest BCUT2D eigenvalue weighted by Gasteiger charge is 2.31. The van der Waals surface area contributed by atoms with Crippen molar-refractivity contribution in [1.29, 1.82) is 0 Å². The summed E-state index contributed by atoms with van der Waals surface area (Å²) in [6, 6.07) is 3.45. The number of nitrogens with zero attached hydrogens (tertiary/aromatic N) is 4. The highest BCUT2D eigenvalue weighted by atomic mass is 16.5. The Labute approximate surface area is 140 Å². The van der Waals surface area contributed by atoms with Gasteiger partial charge >= 0.3 is 0 Å². The van der Waals surface area contributed by atoms with Gasteiger partial charge in [-0.05, 0) is 26.0 Å². The molecule has 24 heavy (non-hydrogen) atoms. The number of aromatic amines is 1. The first-order chi connectivity index (χ1) is 11.5. The second kappa shape index (κ2) is 7.14. The predicted molar refractivity (Wildman–Crippen MR) is 86.0 cm³/mol. The number of ether oxygens (including phenoxy) is 1. The predicted octanol–water partition coefficient (Wildman–Crippen LogP) is 1.13. The van der Waals surface area contributed by atoms with Crippen molar-refractivity contribution in [3.63, 3.8) is 0 Å². The molecule has 0 aliphatic carbocycles. The summed E-state index contributed by atoms with van der Waals surface area (Å²) < 4.78 is 11.1. The lowest BCUT2D eigenvalue weighted by Crippen LogP contribution is -2.50. The topological polar surface area (TPSA) is 87.5 Å². The van der Waals surface area contributed by atoms with E-state index in [1.807, 2.05) is 26.0 Å². The standard InChI is InChI=1S/C16H23N5O3/c1-11(16(22)20(3)9-13-5-4-7-23-13)21-6-8-24-14(10-21)15-17-12(2)18-19-15/h4-5,7,11,14H,6,8-10H2,1-3H3,(H,17,18,19)/t11-,14+/m0/s1. The molecule has 0 radical (unpaired) electrons. The minimum atomic E-state index is -0.239. The fourth-order valence-electron chi connectivity index (χ4n) is 2.87. The number of nitrogens with one attached hydrogen (secondary N) is 1. The van der Waals surface area contributed by atoms with E-state index in [-0.39, 0.29) is 18.1 Å². The Bertz CT molecular complexity index is 669. The number of furan rings is 1. The molecule has 3 rings (SSSR count). The molecular weight excluding hydrogens is 310 g/mol. The molecule has 1 N–H and O–H groups in total. The summed E-state index contributed by atoms with van der Waals surface area (Å²) in [5, 5.41) is 7.00. The summed E-state index contributed by atoms with van der Waals surface area (Å²) in [5.41, 5.74) is 0. The summed E-state index contributed by atoms with van der Waals surface area (Å²) >= 11 is 0. The number of morpholine rings is 1. The van der Waals surface area contributed by atoms with Crippen LogP contribution in [0.3, 0.4) is 0 Å². The summed E-state index contributed by atoms with van der Waals surface area (Å²) in [7, 11) is 1.79. The minimum Gasteiger partial charge on any atom is -0.467 e. The van der Waals surface area contributed by atoms with Gasteiger partial charge in [-0.15, -0.1) is 0 Å². The van der Waals surface area contributed by atoms with Crippen LogP contribution in [0.2, 0.25) is 0 Å². The van der Waals surface area contributed by atoms with Crippen LogP contribution in [-0.2, 0) is 16.1 Å². The normalized spacial score (nSPS) is 20.0. The van der Waals surface area contributed by atoms with Crippen molar-refractivity contribution in [3.05, 3.63) is 35.8 Å². The molecule has 0 bridgehead atoms. The van der Waals surface area contributed by atoms with Crippen molar-refractivity contribution in [2.75, 3.05) is 26.7 Å². The van der Waals surface area contributed by atoms with Gasteiger partial charge in [0.25, 0.3) is 0 Å². The van der Waals surface area contributed by atoms with Crippen LogP contribution in [0.1, 0.15) is 30.4 Å². The molecule has 2 aromatic rings. The van der Waals surface area contributed by atoms with E-state index in [0.29, 0.717) is 32.1 Å². The molecule has 3 heterocycles. The van der Waals surface area contributed by atoms with Crippen LogP contribution in [0.4, 0.5) is 0 Å². The highest BCUT2D eigenvalue weighted by molar-refractivity contribution is 5.81. The van der Waals surface area contributed by atoms with Crippen molar-refractivity contribution in [2.24, 2.45) is 0 Å².